The number of amides is 1. The molecule has 1 atom stereocenters. The molecule has 1 fully saturated rings. The lowest BCUT2D eigenvalue weighted by atomic mass is 10.1. The second-order valence-electron chi connectivity index (χ2n) is 5.91. The van der Waals surface area contributed by atoms with Crippen molar-refractivity contribution in [1.29, 1.82) is 0 Å². The van der Waals surface area contributed by atoms with Crippen LogP contribution >= 0.6 is 0 Å². The summed E-state index contributed by atoms with van der Waals surface area (Å²) in [5, 5.41) is 15.8. The van der Waals surface area contributed by atoms with Crippen LogP contribution in [0.5, 0.6) is 0 Å². The predicted octanol–water partition coefficient (Wildman–Crippen LogP) is 1.70. The lowest BCUT2D eigenvalue weighted by Crippen LogP contribution is -2.41. The molecule has 1 saturated carbocycles. The van der Waals surface area contributed by atoms with E-state index in [0.29, 0.717) is 23.9 Å². The summed E-state index contributed by atoms with van der Waals surface area (Å²) >= 11 is 0. The fourth-order valence-corrected chi connectivity index (χ4v) is 2.44. The molecule has 0 aliphatic heterocycles. The maximum absolute atomic E-state index is 13.0. The van der Waals surface area contributed by atoms with Crippen LogP contribution in [0.25, 0.3) is 5.69 Å². The number of halogens is 1. The zero-order valence-electron chi connectivity index (χ0n) is 13.1. The van der Waals surface area contributed by atoms with Crippen molar-refractivity contribution in [3.8, 4) is 5.69 Å². The predicted molar refractivity (Wildman–Crippen MR) is 82.3 cm³/mol. The number of hydrogen-bond acceptors (Lipinski definition) is 4. The van der Waals surface area contributed by atoms with Gasteiger partial charge in [0.2, 0.25) is 5.82 Å². The van der Waals surface area contributed by atoms with E-state index in [0.717, 1.165) is 12.8 Å². The summed E-state index contributed by atoms with van der Waals surface area (Å²) < 4.78 is 14.4. The molecule has 1 aromatic carbocycles. The highest BCUT2D eigenvalue weighted by Gasteiger charge is 2.31. The van der Waals surface area contributed by atoms with E-state index in [4.69, 9.17) is 0 Å². The summed E-state index contributed by atoms with van der Waals surface area (Å²) in [6.45, 7) is 1.66. The number of benzene rings is 1. The van der Waals surface area contributed by atoms with E-state index in [2.05, 4.69) is 15.4 Å². The number of carbonyl (C=O) groups excluding carboxylic acids is 1. The van der Waals surface area contributed by atoms with Crippen LogP contribution in [0.4, 0.5) is 4.39 Å². The molecule has 1 heterocycles. The fraction of sp³-hybridized carbons (Fsp3) is 0.375. The van der Waals surface area contributed by atoms with Crippen LogP contribution < -0.4 is 5.32 Å². The van der Waals surface area contributed by atoms with Crippen LogP contribution in [0, 0.1) is 18.7 Å². The van der Waals surface area contributed by atoms with E-state index >= 15 is 0 Å². The lowest BCUT2D eigenvalue weighted by Gasteiger charge is -2.12. The topological polar surface area (TPSA) is 97.1 Å². The van der Waals surface area contributed by atoms with Gasteiger partial charge in [-0.3, -0.25) is 4.79 Å². The molecule has 1 aliphatic carbocycles. The van der Waals surface area contributed by atoms with Crippen molar-refractivity contribution in [3.05, 3.63) is 41.7 Å². The number of carboxylic acids is 1. The molecule has 1 aliphatic rings. The van der Waals surface area contributed by atoms with Gasteiger partial charge in [0, 0.05) is 0 Å². The van der Waals surface area contributed by atoms with Gasteiger partial charge in [-0.15, -0.1) is 5.10 Å². The van der Waals surface area contributed by atoms with Crippen molar-refractivity contribution < 1.29 is 19.1 Å². The minimum Gasteiger partial charge on any atom is -0.480 e. The first-order chi connectivity index (χ1) is 11.4. The van der Waals surface area contributed by atoms with Gasteiger partial charge in [-0.1, -0.05) is 12.8 Å². The summed E-state index contributed by atoms with van der Waals surface area (Å²) in [5.41, 5.74) is 0.563. The summed E-state index contributed by atoms with van der Waals surface area (Å²) in [4.78, 5) is 27.6. The molecular weight excluding hydrogens is 315 g/mol. The molecule has 0 radical (unpaired) electrons. The third-order valence-corrected chi connectivity index (χ3v) is 3.91. The van der Waals surface area contributed by atoms with Gasteiger partial charge in [-0.2, -0.15) is 0 Å². The van der Waals surface area contributed by atoms with Crippen molar-refractivity contribution in [2.75, 3.05) is 0 Å². The molecule has 24 heavy (non-hydrogen) atoms. The van der Waals surface area contributed by atoms with E-state index in [1.165, 1.54) is 28.9 Å². The van der Waals surface area contributed by atoms with Gasteiger partial charge in [0.15, 0.2) is 0 Å². The summed E-state index contributed by atoms with van der Waals surface area (Å²) in [6.07, 6.45) is 2.41. The number of carbonyl (C=O) groups is 2. The Morgan fingerprint density at radius 3 is 2.62 bits per heavy atom. The van der Waals surface area contributed by atoms with E-state index in [-0.39, 0.29) is 11.6 Å². The molecule has 1 amide bonds. The Labute approximate surface area is 137 Å². The van der Waals surface area contributed by atoms with Crippen LogP contribution in [0.15, 0.2) is 24.3 Å². The first kappa shape index (κ1) is 16.1. The average Bonchev–Trinajstić information content (AvgIpc) is 3.27. The minimum atomic E-state index is -1.06. The third kappa shape index (κ3) is 3.58. The van der Waals surface area contributed by atoms with E-state index in [9.17, 15) is 19.1 Å². The zero-order chi connectivity index (χ0) is 17.3. The maximum Gasteiger partial charge on any atom is 0.326 e. The monoisotopic (exact) mass is 332 g/mol. The number of carboxylic acid groups (broad SMARTS) is 1. The second-order valence-corrected chi connectivity index (χ2v) is 5.91. The molecule has 1 unspecified atom stereocenters. The molecule has 2 aromatic rings. The van der Waals surface area contributed by atoms with Gasteiger partial charge in [-0.25, -0.2) is 18.9 Å². The van der Waals surface area contributed by atoms with Crippen LogP contribution in [0.1, 0.15) is 35.7 Å². The zero-order valence-corrected chi connectivity index (χ0v) is 13.1. The van der Waals surface area contributed by atoms with Crippen molar-refractivity contribution in [1.82, 2.24) is 20.1 Å². The Hall–Kier alpha value is -2.77. The highest BCUT2D eigenvalue weighted by molar-refractivity contribution is 5.93. The Morgan fingerprint density at radius 2 is 2.04 bits per heavy atom. The third-order valence-electron chi connectivity index (χ3n) is 3.91. The Bertz CT molecular complexity index is 768. The van der Waals surface area contributed by atoms with Crippen LogP contribution in [-0.4, -0.2) is 37.8 Å². The molecule has 3 rings (SSSR count). The molecule has 0 spiro atoms. The molecule has 1 aromatic heterocycles. The molecule has 126 valence electrons. The van der Waals surface area contributed by atoms with Gasteiger partial charge in [0.1, 0.15) is 17.7 Å². The van der Waals surface area contributed by atoms with E-state index < -0.39 is 17.9 Å². The largest absolute Gasteiger partial charge is 0.480 e. The Balaban J connectivity index is 1.76. The number of aliphatic carboxylic acids is 1. The molecule has 2 N–H and O–H groups in total. The number of hydrogen-bond donors (Lipinski definition) is 2. The quantitative estimate of drug-likeness (QED) is 0.839. The van der Waals surface area contributed by atoms with Gasteiger partial charge < -0.3 is 10.4 Å². The van der Waals surface area contributed by atoms with Gasteiger partial charge >= 0.3 is 5.97 Å². The van der Waals surface area contributed by atoms with Crippen molar-refractivity contribution in [3.63, 3.8) is 0 Å². The van der Waals surface area contributed by atoms with Crippen molar-refractivity contribution in [2.45, 2.75) is 32.2 Å². The molecule has 0 bridgehead atoms. The van der Waals surface area contributed by atoms with Crippen molar-refractivity contribution in [2.24, 2.45) is 5.92 Å². The number of aromatic nitrogens is 3. The summed E-state index contributed by atoms with van der Waals surface area (Å²) in [5.74, 6) is -1.38. The Morgan fingerprint density at radius 1 is 1.38 bits per heavy atom. The second kappa shape index (κ2) is 6.38. The van der Waals surface area contributed by atoms with Crippen molar-refractivity contribution >= 4 is 11.9 Å². The maximum atomic E-state index is 13.0. The fourth-order valence-electron chi connectivity index (χ4n) is 2.44. The van der Waals surface area contributed by atoms with E-state index in [1.54, 1.807) is 6.92 Å². The van der Waals surface area contributed by atoms with Gasteiger partial charge in [0.25, 0.3) is 5.91 Å². The van der Waals surface area contributed by atoms with E-state index in [1.807, 2.05) is 0 Å². The summed E-state index contributed by atoms with van der Waals surface area (Å²) in [7, 11) is 0. The van der Waals surface area contributed by atoms with Crippen LogP contribution in [0.2, 0.25) is 0 Å². The normalized spacial score (nSPS) is 15.1. The van der Waals surface area contributed by atoms with Gasteiger partial charge in [-0.05, 0) is 43.5 Å². The summed E-state index contributed by atoms with van der Waals surface area (Å²) in [6, 6.07) is 4.67. The first-order valence-electron chi connectivity index (χ1n) is 7.67. The number of rotatable bonds is 6. The number of aryl methyl sites for hydroxylation is 1. The highest BCUT2D eigenvalue weighted by Crippen LogP contribution is 2.33. The highest BCUT2D eigenvalue weighted by atomic mass is 19.1. The number of nitrogens with one attached hydrogen (secondary N) is 1. The van der Waals surface area contributed by atoms with Gasteiger partial charge in [0.05, 0.1) is 5.69 Å². The molecule has 0 saturated heterocycles. The average molecular weight is 332 g/mol. The lowest BCUT2D eigenvalue weighted by molar-refractivity contribution is -0.139. The smallest absolute Gasteiger partial charge is 0.326 e. The Kier molecular flexibility index (Phi) is 4.28. The number of nitrogens with zero attached hydrogens (tertiary/aromatic N) is 3. The molecule has 7 nitrogen and oxygen atoms in total. The first-order valence-corrected chi connectivity index (χ1v) is 7.67. The van der Waals surface area contributed by atoms with Crippen LogP contribution in [0.3, 0.4) is 0 Å². The van der Waals surface area contributed by atoms with Crippen LogP contribution in [-0.2, 0) is 4.79 Å². The molecular formula is C16H17FN4O3. The minimum absolute atomic E-state index is 0.112. The molecule has 8 heteroatoms. The SMILES string of the molecule is Cc1nc(C(=O)NC(CC2CC2)C(=O)O)nn1-c1ccc(F)cc1. The standard InChI is InChI=1S/C16H17FN4O3/c1-9-18-14(20-21(9)12-6-4-11(17)5-7-12)15(22)19-13(16(23)24)8-10-2-3-10/h4-7,10,13H,2-3,8H2,1H3,(H,19,22)(H,23,24).